The molecular formula is C19H25NO4. The second-order valence-electron chi connectivity index (χ2n) is 7.02. The van der Waals surface area contributed by atoms with E-state index in [1.807, 2.05) is 32.0 Å². The van der Waals surface area contributed by atoms with Crippen molar-refractivity contribution in [3.63, 3.8) is 0 Å². The monoisotopic (exact) mass is 331 g/mol. The van der Waals surface area contributed by atoms with Gasteiger partial charge in [-0.25, -0.2) is 0 Å². The number of aliphatic hydroxyl groups is 1. The highest BCUT2D eigenvalue weighted by atomic mass is 16.5. The molecule has 3 atom stereocenters. The minimum Gasteiger partial charge on any atom is -0.491 e. The second-order valence-corrected chi connectivity index (χ2v) is 7.02. The summed E-state index contributed by atoms with van der Waals surface area (Å²) in [5, 5.41) is 10.2. The van der Waals surface area contributed by atoms with Gasteiger partial charge in [-0.1, -0.05) is 25.0 Å². The molecule has 0 bridgehead atoms. The zero-order valence-electron chi connectivity index (χ0n) is 14.3. The van der Waals surface area contributed by atoms with Gasteiger partial charge in [0.15, 0.2) is 0 Å². The standard InChI is InChI=1S/C19H25NO4/c1-12-7-8-13(2)17(9-12)24-11-14(21)10-20-18(22)15-5-3-4-6-16(15)19(20)23/h7-9,14-16,21H,3-6,10-11H2,1-2H3/t14-,15-,16+/m0/s1. The van der Waals surface area contributed by atoms with Crippen molar-refractivity contribution in [2.24, 2.45) is 11.8 Å². The number of benzene rings is 1. The Morgan fingerprint density at radius 1 is 1.17 bits per heavy atom. The molecule has 1 saturated heterocycles. The quantitative estimate of drug-likeness (QED) is 0.840. The average Bonchev–Trinajstić information content (AvgIpc) is 2.81. The highest BCUT2D eigenvalue weighted by Gasteiger charge is 2.48. The van der Waals surface area contributed by atoms with E-state index in [9.17, 15) is 14.7 Å². The van der Waals surface area contributed by atoms with Crippen molar-refractivity contribution in [3.05, 3.63) is 29.3 Å². The summed E-state index contributed by atoms with van der Waals surface area (Å²) in [6.45, 7) is 4.01. The smallest absolute Gasteiger partial charge is 0.233 e. The first-order valence-corrected chi connectivity index (χ1v) is 8.70. The van der Waals surface area contributed by atoms with E-state index in [-0.39, 0.29) is 36.8 Å². The number of aliphatic hydroxyl groups excluding tert-OH is 1. The summed E-state index contributed by atoms with van der Waals surface area (Å²) in [4.78, 5) is 26.1. The Labute approximate surface area is 142 Å². The van der Waals surface area contributed by atoms with Gasteiger partial charge in [-0.2, -0.15) is 0 Å². The number of hydrogen-bond acceptors (Lipinski definition) is 4. The molecule has 2 fully saturated rings. The number of hydrogen-bond donors (Lipinski definition) is 1. The largest absolute Gasteiger partial charge is 0.491 e. The first-order chi connectivity index (χ1) is 11.5. The highest BCUT2D eigenvalue weighted by molar-refractivity contribution is 6.05. The van der Waals surface area contributed by atoms with E-state index in [0.29, 0.717) is 0 Å². The van der Waals surface area contributed by atoms with E-state index in [1.54, 1.807) is 0 Å². The molecule has 1 heterocycles. The molecule has 1 aliphatic heterocycles. The number of nitrogens with zero attached hydrogens (tertiary/aromatic N) is 1. The van der Waals surface area contributed by atoms with Gasteiger partial charge < -0.3 is 9.84 Å². The summed E-state index contributed by atoms with van der Waals surface area (Å²) in [7, 11) is 0. The molecular weight excluding hydrogens is 306 g/mol. The van der Waals surface area contributed by atoms with E-state index in [2.05, 4.69) is 0 Å². The average molecular weight is 331 g/mol. The maximum atomic E-state index is 12.4. The predicted octanol–water partition coefficient (Wildman–Crippen LogP) is 2.22. The van der Waals surface area contributed by atoms with Crippen molar-refractivity contribution in [1.29, 1.82) is 0 Å². The van der Waals surface area contributed by atoms with Crippen molar-refractivity contribution < 1.29 is 19.4 Å². The van der Waals surface area contributed by atoms with Crippen LogP contribution in [0.4, 0.5) is 0 Å². The van der Waals surface area contributed by atoms with Crippen LogP contribution in [0.2, 0.25) is 0 Å². The molecule has 3 rings (SSSR count). The minimum absolute atomic E-state index is 0.0233. The third kappa shape index (κ3) is 3.31. The SMILES string of the molecule is Cc1ccc(C)c(OC[C@@H](O)CN2C(=O)[C@H]3CCCC[C@H]3C2=O)c1. The van der Waals surface area contributed by atoms with Crippen molar-refractivity contribution in [1.82, 2.24) is 4.90 Å². The molecule has 1 aliphatic carbocycles. The van der Waals surface area contributed by atoms with Crippen LogP contribution in [0.3, 0.4) is 0 Å². The lowest BCUT2D eigenvalue weighted by atomic mass is 9.81. The molecule has 5 nitrogen and oxygen atoms in total. The van der Waals surface area contributed by atoms with Crippen LogP contribution in [0.1, 0.15) is 36.8 Å². The summed E-state index contributed by atoms with van der Waals surface area (Å²) in [5.74, 6) is 0.157. The second kappa shape index (κ2) is 6.93. The molecule has 0 radical (unpaired) electrons. The molecule has 1 saturated carbocycles. The van der Waals surface area contributed by atoms with Crippen LogP contribution in [0.25, 0.3) is 0 Å². The zero-order valence-corrected chi connectivity index (χ0v) is 14.3. The van der Waals surface area contributed by atoms with Crippen molar-refractivity contribution in [3.8, 4) is 5.75 Å². The van der Waals surface area contributed by atoms with Crippen molar-refractivity contribution >= 4 is 11.8 Å². The summed E-state index contributed by atoms with van der Waals surface area (Å²) >= 11 is 0. The Kier molecular flexibility index (Phi) is 4.90. The third-order valence-electron chi connectivity index (χ3n) is 5.10. The van der Waals surface area contributed by atoms with Crippen LogP contribution in [-0.2, 0) is 9.59 Å². The first kappa shape index (κ1) is 17.0. The molecule has 1 aromatic carbocycles. The molecule has 130 valence electrons. The molecule has 24 heavy (non-hydrogen) atoms. The molecule has 1 aromatic rings. The van der Waals surface area contributed by atoms with E-state index in [1.165, 1.54) is 4.90 Å². The van der Waals surface area contributed by atoms with E-state index in [0.717, 1.165) is 42.6 Å². The highest BCUT2D eigenvalue weighted by Crippen LogP contribution is 2.38. The number of amides is 2. The number of ether oxygens (including phenoxy) is 1. The molecule has 2 amide bonds. The lowest BCUT2D eigenvalue weighted by Crippen LogP contribution is -2.40. The minimum atomic E-state index is -0.877. The van der Waals surface area contributed by atoms with Gasteiger partial charge in [0.05, 0.1) is 18.4 Å². The Hall–Kier alpha value is -1.88. The van der Waals surface area contributed by atoms with Gasteiger partial charge in [-0.15, -0.1) is 0 Å². The van der Waals surface area contributed by atoms with E-state index < -0.39 is 6.10 Å². The number of carbonyl (C=O) groups excluding carboxylic acids is 2. The predicted molar refractivity (Wildman–Crippen MR) is 89.6 cm³/mol. The Morgan fingerprint density at radius 3 is 2.42 bits per heavy atom. The van der Waals surface area contributed by atoms with Gasteiger partial charge in [0.25, 0.3) is 0 Å². The van der Waals surface area contributed by atoms with Crippen LogP contribution in [0, 0.1) is 25.7 Å². The van der Waals surface area contributed by atoms with Gasteiger partial charge in [-0.3, -0.25) is 14.5 Å². The topological polar surface area (TPSA) is 66.8 Å². The van der Waals surface area contributed by atoms with E-state index in [4.69, 9.17) is 4.74 Å². The number of β-amino-alcohol motifs (C(OH)–C–C–N with tert-alkyl or cyclic N) is 1. The summed E-state index contributed by atoms with van der Waals surface area (Å²) < 4.78 is 5.68. The van der Waals surface area contributed by atoms with Crippen molar-refractivity contribution in [2.45, 2.75) is 45.6 Å². The van der Waals surface area contributed by atoms with Crippen LogP contribution >= 0.6 is 0 Å². The number of carbonyl (C=O) groups is 2. The molecule has 0 aromatic heterocycles. The summed E-state index contributed by atoms with van der Waals surface area (Å²) in [5.41, 5.74) is 2.08. The Balaban J connectivity index is 1.58. The molecule has 1 N–H and O–H groups in total. The fourth-order valence-corrected chi connectivity index (χ4v) is 3.72. The molecule has 2 aliphatic rings. The first-order valence-electron chi connectivity index (χ1n) is 8.70. The summed E-state index contributed by atoms with van der Waals surface area (Å²) in [6, 6.07) is 5.89. The molecule has 0 unspecified atom stereocenters. The number of imide groups is 1. The van der Waals surface area contributed by atoms with E-state index >= 15 is 0 Å². The molecule has 0 spiro atoms. The van der Waals surface area contributed by atoms with Gasteiger partial charge in [0.1, 0.15) is 18.5 Å². The number of rotatable bonds is 5. The van der Waals surface area contributed by atoms with Crippen LogP contribution in [-0.4, -0.2) is 41.1 Å². The number of fused-ring (bicyclic) bond motifs is 1. The zero-order chi connectivity index (χ0) is 17.3. The maximum absolute atomic E-state index is 12.4. The fraction of sp³-hybridized carbons (Fsp3) is 0.579. The third-order valence-corrected chi connectivity index (χ3v) is 5.10. The van der Waals surface area contributed by atoms with Gasteiger partial charge in [0.2, 0.25) is 11.8 Å². The van der Waals surface area contributed by atoms with Crippen LogP contribution in [0.15, 0.2) is 18.2 Å². The van der Waals surface area contributed by atoms with Crippen LogP contribution < -0.4 is 4.74 Å². The van der Waals surface area contributed by atoms with Crippen LogP contribution in [0.5, 0.6) is 5.75 Å². The maximum Gasteiger partial charge on any atom is 0.233 e. The lowest BCUT2D eigenvalue weighted by Gasteiger charge is -2.20. The van der Waals surface area contributed by atoms with Gasteiger partial charge in [0, 0.05) is 0 Å². The summed E-state index contributed by atoms with van der Waals surface area (Å²) in [6.07, 6.45) is 2.72. The number of aryl methyl sites for hydroxylation is 2. The van der Waals surface area contributed by atoms with Gasteiger partial charge >= 0.3 is 0 Å². The number of likely N-dealkylation sites (tertiary alicyclic amines) is 1. The Bertz CT molecular complexity index is 618. The van der Waals surface area contributed by atoms with Crippen molar-refractivity contribution in [2.75, 3.05) is 13.2 Å². The van der Waals surface area contributed by atoms with Gasteiger partial charge in [-0.05, 0) is 43.9 Å². The fourth-order valence-electron chi connectivity index (χ4n) is 3.72. The normalized spacial score (nSPS) is 24.9. The lowest BCUT2D eigenvalue weighted by molar-refractivity contribution is -0.141. The molecule has 5 heteroatoms. The Morgan fingerprint density at radius 2 is 1.79 bits per heavy atom.